The fourth-order valence-corrected chi connectivity index (χ4v) is 4.30. The largest absolute Gasteiger partial charge is 0.481 e. The number of allylic oxidation sites excluding steroid dienone is 1. The van der Waals surface area contributed by atoms with E-state index in [9.17, 15) is 12.8 Å². The molecular formula is C21H27Cl2FN4O3S. The van der Waals surface area contributed by atoms with Crippen molar-refractivity contribution >= 4 is 45.9 Å². The van der Waals surface area contributed by atoms with Gasteiger partial charge < -0.3 is 15.0 Å². The Kier molecular flexibility index (Phi) is 9.67. The van der Waals surface area contributed by atoms with E-state index in [0.29, 0.717) is 22.5 Å². The standard InChI is InChI=1S/C21H25FN4O3S.2ClH/c1-14-20(15-6-5-7-17(12-15)30(27,28)25(2)3)21-18(8-9-19(24-21)29-4)26(14)13-16(22)10-11-23;;/h5-10,12H,11,13,23H2,1-4H3;2*1H. The molecule has 0 amide bonds. The molecule has 0 radical (unpaired) electrons. The van der Waals surface area contributed by atoms with Crippen molar-refractivity contribution in [3.63, 3.8) is 0 Å². The van der Waals surface area contributed by atoms with Crippen LogP contribution in [-0.2, 0) is 16.6 Å². The number of rotatable bonds is 7. The zero-order valence-corrected chi connectivity index (χ0v) is 20.7. The molecule has 0 saturated heterocycles. The Balaban J connectivity index is 0.00000256. The molecule has 0 unspecified atom stereocenters. The van der Waals surface area contributed by atoms with Gasteiger partial charge in [0, 0.05) is 38.0 Å². The average Bonchev–Trinajstić information content (AvgIpc) is 2.98. The third-order valence-electron chi connectivity index (χ3n) is 4.90. The molecule has 3 rings (SSSR count). The number of pyridine rings is 1. The summed E-state index contributed by atoms with van der Waals surface area (Å²) in [5.74, 6) is 0.0553. The first-order chi connectivity index (χ1) is 14.2. The first kappa shape index (κ1) is 27.9. The SMILES string of the molecule is COc1ccc2c(n1)c(-c1cccc(S(=O)(=O)N(C)C)c1)c(C)n2CC(F)=CCN.Cl.Cl. The smallest absolute Gasteiger partial charge is 0.242 e. The number of hydrogen-bond acceptors (Lipinski definition) is 5. The molecule has 0 bridgehead atoms. The Hall–Kier alpha value is -2.17. The molecule has 0 aliphatic heterocycles. The monoisotopic (exact) mass is 504 g/mol. The molecule has 32 heavy (non-hydrogen) atoms. The number of aromatic nitrogens is 2. The number of nitrogens with zero attached hydrogens (tertiary/aromatic N) is 3. The minimum atomic E-state index is -3.61. The number of methoxy groups -OCH3 is 1. The van der Waals surface area contributed by atoms with Crippen molar-refractivity contribution in [2.75, 3.05) is 27.7 Å². The Morgan fingerprint density at radius 1 is 1.25 bits per heavy atom. The zero-order valence-electron chi connectivity index (χ0n) is 18.2. The van der Waals surface area contributed by atoms with Gasteiger partial charge in [0.05, 0.1) is 24.1 Å². The highest BCUT2D eigenvalue weighted by Crippen LogP contribution is 2.36. The number of fused-ring (bicyclic) bond motifs is 1. The molecule has 0 fully saturated rings. The third-order valence-corrected chi connectivity index (χ3v) is 6.71. The lowest BCUT2D eigenvalue weighted by Crippen LogP contribution is -2.22. The predicted molar refractivity (Wildman–Crippen MR) is 130 cm³/mol. The number of halogens is 3. The summed E-state index contributed by atoms with van der Waals surface area (Å²) < 4.78 is 47.7. The maximum atomic E-state index is 14.3. The number of benzene rings is 1. The first-order valence-corrected chi connectivity index (χ1v) is 10.8. The van der Waals surface area contributed by atoms with Crippen LogP contribution in [0.2, 0.25) is 0 Å². The summed E-state index contributed by atoms with van der Waals surface area (Å²) in [5.41, 5.74) is 8.90. The van der Waals surface area contributed by atoms with Crippen molar-refractivity contribution in [1.29, 1.82) is 0 Å². The second kappa shape index (κ2) is 11.1. The van der Waals surface area contributed by atoms with E-state index in [1.54, 1.807) is 28.8 Å². The summed E-state index contributed by atoms with van der Waals surface area (Å²) in [4.78, 5) is 4.73. The molecule has 7 nitrogen and oxygen atoms in total. The maximum absolute atomic E-state index is 14.3. The van der Waals surface area contributed by atoms with Gasteiger partial charge in [-0.25, -0.2) is 22.1 Å². The van der Waals surface area contributed by atoms with Crippen LogP contribution >= 0.6 is 24.8 Å². The van der Waals surface area contributed by atoms with Gasteiger partial charge in [0.15, 0.2) is 0 Å². The van der Waals surface area contributed by atoms with Gasteiger partial charge in [-0.05, 0) is 36.8 Å². The Bertz CT molecular complexity index is 1230. The van der Waals surface area contributed by atoms with Gasteiger partial charge in [-0.3, -0.25) is 0 Å². The van der Waals surface area contributed by atoms with Crippen molar-refractivity contribution < 1.29 is 17.5 Å². The van der Waals surface area contributed by atoms with E-state index in [1.807, 2.05) is 19.1 Å². The van der Waals surface area contributed by atoms with Crippen LogP contribution < -0.4 is 10.5 Å². The number of sulfonamides is 1. The normalized spacial score (nSPS) is 11.9. The lowest BCUT2D eigenvalue weighted by atomic mass is 10.1. The van der Waals surface area contributed by atoms with Crippen molar-refractivity contribution in [3.05, 3.63) is 54.0 Å². The van der Waals surface area contributed by atoms with Crippen LogP contribution in [0.1, 0.15) is 5.69 Å². The molecule has 11 heteroatoms. The highest BCUT2D eigenvalue weighted by molar-refractivity contribution is 7.89. The average molecular weight is 505 g/mol. The summed E-state index contributed by atoms with van der Waals surface area (Å²) in [6.07, 6.45) is 1.33. The molecule has 1 aromatic carbocycles. The van der Waals surface area contributed by atoms with E-state index in [1.165, 1.54) is 27.3 Å². The summed E-state index contributed by atoms with van der Waals surface area (Å²) in [7, 11) is 0.880. The lowest BCUT2D eigenvalue weighted by Gasteiger charge is -2.12. The molecule has 3 aromatic rings. The molecule has 0 saturated carbocycles. The van der Waals surface area contributed by atoms with E-state index >= 15 is 0 Å². The van der Waals surface area contributed by atoms with Crippen molar-refractivity contribution in [1.82, 2.24) is 13.9 Å². The van der Waals surface area contributed by atoms with Crippen LogP contribution in [0.25, 0.3) is 22.2 Å². The van der Waals surface area contributed by atoms with E-state index in [2.05, 4.69) is 4.98 Å². The number of nitrogens with two attached hydrogens (primary N) is 1. The van der Waals surface area contributed by atoms with E-state index in [4.69, 9.17) is 10.5 Å². The Morgan fingerprint density at radius 2 is 1.94 bits per heavy atom. The molecule has 0 aliphatic carbocycles. The van der Waals surface area contributed by atoms with Crippen LogP contribution in [0.15, 0.2) is 53.2 Å². The van der Waals surface area contributed by atoms with E-state index in [0.717, 1.165) is 15.6 Å². The van der Waals surface area contributed by atoms with Crippen LogP contribution in [0.3, 0.4) is 0 Å². The van der Waals surface area contributed by atoms with Gasteiger partial charge >= 0.3 is 0 Å². The minimum absolute atomic E-state index is 0. The summed E-state index contributed by atoms with van der Waals surface area (Å²) in [6, 6.07) is 10.2. The van der Waals surface area contributed by atoms with E-state index in [-0.39, 0.29) is 48.6 Å². The maximum Gasteiger partial charge on any atom is 0.242 e. The molecule has 2 N–H and O–H groups in total. The molecule has 0 atom stereocenters. The highest BCUT2D eigenvalue weighted by Gasteiger charge is 2.22. The minimum Gasteiger partial charge on any atom is -0.481 e. The second-order valence-corrected chi connectivity index (χ2v) is 9.12. The summed E-state index contributed by atoms with van der Waals surface area (Å²) >= 11 is 0. The number of hydrogen-bond donors (Lipinski definition) is 1. The topological polar surface area (TPSA) is 90.5 Å². The summed E-state index contributed by atoms with van der Waals surface area (Å²) in [6.45, 7) is 1.96. The fraction of sp³-hybridized carbons (Fsp3) is 0.286. The van der Waals surface area contributed by atoms with Gasteiger partial charge in [0.1, 0.15) is 11.3 Å². The first-order valence-electron chi connectivity index (χ1n) is 9.32. The predicted octanol–water partition coefficient (Wildman–Crippen LogP) is 3.93. The van der Waals surface area contributed by atoms with Gasteiger partial charge in [0.25, 0.3) is 0 Å². The van der Waals surface area contributed by atoms with Gasteiger partial charge in [-0.2, -0.15) is 0 Å². The van der Waals surface area contributed by atoms with Gasteiger partial charge in [-0.15, -0.1) is 24.8 Å². The Labute approximate surface area is 199 Å². The van der Waals surface area contributed by atoms with Crippen LogP contribution in [-0.4, -0.2) is 50.0 Å². The molecule has 2 aromatic heterocycles. The lowest BCUT2D eigenvalue weighted by molar-refractivity contribution is 0.399. The second-order valence-electron chi connectivity index (χ2n) is 6.97. The van der Waals surface area contributed by atoms with Crippen molar-refractivity contribution in [2.24, 2.45) is 5.73 Å². The molecule has 0 spiro atoms. The highest BCUT2D eigenvalue weighted by atomic mass is 35.5. The third kappa shape index (κ3) is 5.24. The van der Waals surface area contributed by atoms with Crippen LogP contribution in [0.4, 0.5) is 4.39 Å². The molecule has 2 heterocycles. The zero-order chi connectivity index (χ0) is 22.1. The molecular weight excluding hydrogens is 478 g/mol. The van der Waals surface area contributed by atoms with Crippen LogP contribution in [0, 0.1) is 6.92 Å². The molecule has 0 aliphatic rings. The molecule has 176 valence electrons. The quantitative estimate of drug-likeness (QED) is 0.526. The number of ether oxygens (including phenoxy) is 1. The fourth-order valence-electron chi connectivity index (χ4n) is 3.35. The van der Waals surface area contributed by atoms with Gasteiger partial charge in [-0.1, -0.05) is 12.1 Å². The van der Waals surface area contributed by atoms with Crippen LogP contribution in [0.5, 0.6) is 5.88 Å². The summed E-state index contributed by atoms with van der Waals surface area (Å²) in [5, 5.41) is 0. The van der Waals surface area contributed by atoms with Crippen molar-refractivity contribution in [2.45, 2.75) is 18.4 Å². The Morgan fingerprint density at radius 3 is 2.53 bits per heavy atom. The van der Waals surface area contributed by atoms with E-state index < -0.39 is 10.0 Å². The van der Waals surface area contributed by atoms with Crippen molar-refractivity contribution in [3.8, 4) is 17.0 Å². The van der Waals surface area contributed by atoms with Gasteiger partial charge in [0.2, 0.25) is 15.9 Å².